The Hall–Kier alpha value is -1.53. The topological polar surface area (TPSA) is 50.1 Å². The van der Waals surface area contributed by atoms with Crippen LogP contribution in [0.5, 0.6) is 5.75 Å². The van der Waals surface area contributed by atoms with Crippen molar-refractivity contribution in [2.45, 2.75) is 6.92 Å². The van der Waals surface area contributed by atoms with Gasteiger partial charge in [-0.2, -0.15) is 5.26 Å². The zero-order valence-corrected chi connectivity index (χ0v) is 8.55. The molecule has 0 amide bonds. The minimum Gasteiger partial charge on any atom is -0.496 e. The smallest absolute Gasteiger partial charge is 0.256 e. The molecule has 1 aromatic rings. The first-order chi connectivity index (χ1) is 6.60. The summed E-state index contributed by atoms with van der Waals surface area (Å²) in [4.78, 5) is 11.0. The lowest BCUT2D eigenvalue weighted by Gasteiger charge is -2.06. The summed E-state index contributed by atoms with van der Waals surface area (Å²) in [6.45, 7) is 1.77. The van der Waals surface area contributed by atoms with Gasteiger partial charge in [0.1, 0.15) is 5.75 Å². The molecule has 3 nitrogen and oxygen atoms in total. The number of nitriles is 1. The molecule has 1 rings (SSSR count). The highest BCUT2D eigenvalue weighted by Gasteiger charge is 2.12. The van der Waals surface area contributed by atoms with Crippen molar-refractivity contribution in [1.82, 2.24) is 0 Å². The van der Waals surface area contributed by atoms with Gasteiger partial charge in [-0.3, -0.25) is 4.79 Å². The van der Waals surface area contributed by atoms with E-state index in [-0.39, 0.29) is 5.56 Å². The van der Waals surface area contributed by atoms with Gasteiger partial charge in [-0.15, -0.1) is 0 Å². The van der Waals surface area contributed by atoms with Gasteiger partial charge in [-0.05, 0) is 36.2 Å². The van der Waals surface area contributed by atoms with Crippen molar-refractivity contribution in [3.05, 3.63) is 28.8 Å². The minimum absolute atomic E-state index is 0.219. The van der Waals surface area contributed by atoms with Crippen molar-refractivity contribution in [1.29, 1.82) is 5.26 Å². The van der Waals surface area contributed by atoms with Crippen LogP contribution in [0, 0.1) is 18.3 Å². The summed E-state index contributed by atoms with van der Waals surface area (Å²) in [6, 6.07) is 5.03. The molecule has 1 aromatic carbocycles. The average molecular weight is 210 g/mol. The number of carbonyl (C=O) groups is 1. The Kier molecular flexibility index (Phi) is 3.10. The molecule has 0 saturated heterocycles. The van der Waals surface area contributed by atoms with Crippen molar-refractivity contribution in [2.24, 2.45) is 0 Å². The number of aryl methyl sites for hydroxylation is 1. The van der Waals surface area contributed by atoms with E-state index in [1.807, 2.05) is 6.07 Å². The Morgan fingerprint density at radius 1 is 1.57 bits per heavy atom. The quantitative estimate of drug-likeness (QED) is 0.702. The highest BCUT2D eigenvalue weighted by atomic mass is 35.5. The van der Waals surface area contributed by atoms with Gasteiger partial charge in [0.15, 0.2) is 0 Å². The molecule has 4 heteroatoms. The molecular weight excluding hydrogens is 202 g/mol. The molecule has 0 saturated carbocycles. The molecule has 0 spiro atoms. The second-order valence-electron chi connectivity index (χ2n) is 2.75. The molecule has 0 unspecified atom stereocenters. The SMILES string of the molecule is COc1cc(C)c(C#N)cc1C(=O)Cl. The van der Waals surface area contributed by atoms with E-state index < -0.39 is 5.24 Å². The molecule has 0 fully saturated rings. The van der Waals surface area contributed by atoms with Crippen LogP contribution in [0.2, 0.25) is 0 Å². The van der Waals surface area contributed by atoms with Crippen molar-refractivity contribution < 1.29 is 9.53 Å². The summed E-state index contributed by atoms with van der Waals surface area (Å²) in [6.07, 6.45) is 0. The van der Waals surface area contributed by atoms with Crippen LogP contribution in [0.1, 0.15) is 21.5 Å². The zero-order valence-electron chi connectivity index (χ0n) is 7.80. The lowest BCUT2D eigenvalue weighted by Crippen LogP contribution is -1.98. The number of rotatable bonds is 2. The molecule has 14 heavy (non-hydrogen) atoms. The lowest BCUT2D eigenvalue weighted by atomic mass is 10.1. The maximum absolute atomic E-state index is 11.0. The van der Waals surface area contributed by atoms with Crippen LogP contribution in [0.15, 0.2) is 12.1 Å². The molecule has 0 bridgehead atoms. The highest BCUT2D eigenvalue weighted by Crippen LogP contribution is 2.24. The van der Waals surface area contributed by atoms with Crippen molar-refractivity contribution in [3.63, 3.8) is 0 Å². The molecular formula is C10H8ClNO2. The van der Waals surface area contributed by atoms with Gasteiger partial charge in [-0.1, -0.05) is 0 Å². The third kappa shape index (κ3) is 1.86. The molecule has 0 N–H and O–H groups in total. The van der Waals surface area contributed by atoms with E-state index >= 15 is 0 Å². The van der Waals surface area contributed by atoms with Crippen molar-refractivity contribution in [2.75, 3.05) is 7.11 Å². The van der Waals surface area contributed by atoms with E-state index in [0.717, 1.165) is 5.56 Å². The Labute approximate surface area is 86.9 Å². The van der Waals surface area contributed by atoms with E-state index in [4.69, 9.17) is 21.6 Å². The van der Waals surface area contributed by atoms with Crippen LogP contribution < -0.4 is 4.74 Å². The van der Waals surface area contributed by atoms with Crippen LogP contribution in [-0.4, -0.2) is 12.4 Å². The van der Waals surface area contributed by atoms with E-state index in [2.05, 4.69) is 0 Å². The Morgan fingerprint density at radius 2 is 2.21 bits per heavy atom. The van der Waals surface area contributed by atoms with Crippen molar-refractivity contribution >= 4 is 16.8 Å². The van der Waals surface area contributed by atoms with Crippen LogP contribution in [-0.2, 0) is 0 Å². The van der Waals surface area contributed by atoms with E-state index in [1.54, 1.807) is 13.0 Å². The Morgan fingerprint density at radius 3 is 2.64 bits per heavy atom. The lowest BCUT2D eigenvalue weighted by molar-refractivity contribution is 0.107. The largest absolute Gasteiger partial charge is 0.496 e. The molecule has 0 aliphatic carbocycles. The summed E-state index contributed by atoms with van der Waals surface area (Å²) in [5.74, 6) is 0.390. The van der Waals surface area contributed by atoms with Gasteiger partial charge in [0.25, 0.3) is 5.24 Å². The van der Waals surface area contributed by atoms with Crippen LogP contribution in [0.4, 0.5) is 0 Å². The summed E-state index contributed by atoms with van der Waals surface area (Å²) in [7, 11) is 1.45. The second-order valence-corrected chi connectivity index (χ2v) is 3.10. The van der Waals surface area contributed by atoms with E-state index in [1.165, 1.54) is 13.2 Å². The average Bonchev–Trinajstić information content (AvgIpc) is 2.16. The minimum atomic E-state index is -0.627. The Balaban J connectivity index is 3.42. The number of benzene rings is 1. The number of nitrogens with zero attached hydrogens (tertiary/aromatic N) is 1. The number of halogens is 1. The van der Waals surface area contributed by atoms with Gasteiger partial charge >= 0.3 is 0 Å². The van der Waals surface area contributed by atoms with Gasteiger partial charge in [-0.25, -0.2) is 0 Å². The highest BCUT2D eigenvalue weighted by molar-refractivity contribution is 6.68. The van der Waals surface area contributed by atoms with Gasteiger partial charge in [0, 0.05) is 0 Å². The number of carbonyl (C=O) groups excluding carboxylic acids is 1. The fourth-order valence-electron chi connectivity index (χ4n) is 1.12. The molecule has 0 aliphatic rings. The van der Waals surface area contributed by atoms with Crippen LogP contribution >= 0.6 is 11.6 Å². The first-order valence-electron chi connectivity index (χ1n) is 3.88. The standard InChI is InChI=1S/C10H8ClNO2/c1-6-3-9(14-2)8(10(11)13)4-7(6)5-12/h3-4H,1-2H3. The summed E-state index contributed by atoms with van der Waals surface area (Å²) >= 11 is 5.34. The normalized spacial score (nSPS) is 9.29. The molecule has 0 radical (unpaired) electrons. The maximum atomic E-state index is 11.0. The molecule has 0 atom stereocenters. The number of hydrogen-bond donors (Lipinski definition) is 0. The molecule has 72 valence electrons. The Bertz CT molecular complexity index is 421. The monoisotopic (exact) mass is 209 g/mol. The zero-order chi connectivity index (χ0) is 10.7. The van der Waals surface area contributed by atoms with E-state index in [0.29, 0.717) is 11.3 Å². The summed E-state index contributed by atoms with van der Waals surface area (Å²) < 4.78 is 4.97. The first-order valence-corrected chi connectivity index (χ1v) is 4.26. The van der Waals surface area contributed by atoms with Gasteiger partial charge < -0.3 is 4.74 Å². The fourth-order valence-corrected chi connectivity index (χ4v) is 1.27. The predicted octanol–water partition coefficient (Wildman–Crippen LogP) is 2.25. The third-order valence-corrected chi connectivity index (χ3v) is 2.08. The van der Waals surface area contributed by atoms with Crippen LogP contribution in [0.3, 0.4) is 0 Å². The maximum Gasteiger partial charge on any atom is 0.256 e. The fraction of sp³-hybridized carbons (Fsp3) is 0.200. The summed E-state index contributed by atoms with van der Waals surface area (Å²) in [5, 5.41) is 8.12. The third-order valence-electron chi connectivity index (χ3n) is 1.88. The predicted molar refractivity (Wildman–Crippen MR) is 52.6 cm³/mol. The number of hydrogen-bond acceptors (Lipinski definition) is 3. The number of methoxy groups -OCH3 is 1. The molecule has 0 aromatic heterocycles. The second kappa shape index (κ2) is 4.12. The summed E-state index contributed by atoms with van der Waals surface area (Å²) in [5.41, 5.74) is 1.40. The van der Waals surface area contributed by atoms with Gasteiger partial charge in [0.2, 0.25) is 0 Å². The molecule has 0 heterocycles. The number of ether oxygens (including phenoxy) is 1. The van der Waals surface area contributed by atoms with Crippen molar-refractivity contribution in [3.8, 4) is 11.8 Å². The molecule has 0 aliphatic heterocycles. The van der Waals surface area contributed by atoms with E-state index in [9.17, 15) is 4.79 Å². The van der Waals surface area contributed by atoms with Gasteiger partial charge in [0.05, 0.1) is 24.3 Å². The first kappa shape index (κ1) is 10.6. The van der Waals surface area contributed by atoms with Crippen LogP contribution in [0.25, 0.3) is 0 Å².